The smallest absolute Gasteiger partial charge is 0.343 e. The van der Waals surface area contributed by atoms with Crippen molar-refractivity contribution in [2.24, 2.45) is 28.2 Å². The molecule has 0 unspecified atom stereocenters. The summed E-state index contributed by atoms with van der Waals surface area (Å²) < 4.78 is 8.49. The fourth-order valence-corrected chi connectivity index (χ4v) is 7.46. The lowest BCUT2D eigenvalue weighted by molar-refractivity contribution is -0.0497. The van der Waals surface area contributed by atoms with E-state index in [-0.39, 0.29) is 6.03 Å². The second-order valence-electron chi connectivity index (χ2n) is 9.18. The number of rotatable bonds is 5. The van der Waals surface area contributed by atoms with Crippen molar-refractivity contribution in [3.8, 4) is 0 Å². The number of methoxy groups -OCH3 is 1. The van der Waals surface area contributed by atoms with E-state index in [2.05, 4.69) is 27.0 Å². The number of para-hydroxylation sites is 1. The fraction of sp³-hybridized carbons (Fsp3) is 0.636. The molecule has 4 bridgehead atoms. The van der Waals surface area contributed by atoms with Gasteiger partial charge in [0.2, 0.25) is 0 Å². The number of carbonyl (C=O) groups is 1. The summed E-state index contributed by atoms with van der Waals surface area (Å²) in [6.45, 7) is 2.09. The number of hydrogen-bond acceptors (Lipinski definition) is 3. The van der Waals surface area contributed by atoms with E-state index < -0.39 is 0 Å². The maximum Gasteiger partial charge on any atom is 0.343 e. The van der Waals surface area contributed by atoms with E-state index in [4.69, 9.17) is 4.74 Å². The van der Waals surface area contributed by atoms with Gasteiger partial charge in [0.1, 0.15) is 0 Å². The topological polar surface area (TPSA) is 55.6 Å². The molecule has 0 radical (unpaired) electrons. The maximum absolute atomic E-state index is 12.7. The fourth-order valence-electron chi connectivity index (χ4n) is 6.40. The number of ether oxygens (including phenoxy) is 1. The lowest BCUT2D eigenvalue weighted by Gasteiger charge is -2.56. The Kier molecular flexibility index (Phi) is 4.79. The van der Waals surface area contributed by atoms with Crippen molar-refractivity contribution in [3.63, 3.8) is 0 Å². The SMILES string of the molecule is COCCn1c(=NC(=O)NCC23CC4CC(CC(C4)C2)C3)sc2ccccc21. The van der Waals surface area contributed by atoms with Crippen LogP contribution in [-0.2, 0) is 11.3 Å². The number of aromatic nitrogens is 1. The average Bonchev–Trinajstić information content (AvgIpc) is 3.01. The van der Waals surface area contributed by atoms with E-state index in [9.17, 15) is 4.79 Å². The monoisotopic (exact) mass is 399 g/mol. The van der Waals surface area contributed by atoms with Gasteiger partial charge in [-0.1, -0.05) is 23.5 Å². The molecule has 0 spiro atoms. The number of urea groups is 1. The van der Waals surface area contributed by atoms with Crippen LogP contribution in [0, 0.1) is 23.2 Å². The van der Waals surface area contributed by atoms with Crippen LogP contribution >= 0.6 is 11.3 Å². The molecule has 0 atom stereocenters. The zero-order chi connectivity index (χ0) is 19.1. The lowest BCUT2D eigenvalue weighted by Crippen LogP contribution is -2.51. The van der Waals surface area contributed by atoms with Gasteiger partial charge in [0.25, 0.3) is 0 Å². The van der Waals surface area contributed by atoms with Crippen molar-refractivity contribution >= 4 is 27.6 Å². The van der Waals surface area contributed by atoms with Gasteiger partial charge in [0.15, 0.2) is 4.80 Å². The number of carbonyl (C=O) groups excluding carboxylic acids is 1. The molecule has 5 nitrogen and oxygen atoms in total. The van der Waals surface area contributed by atoms with Crippen LogP contribution in [0.3, 0.4) is 0 Å². The second kappa shape index (κ2) is 7.30. The van der Waals surface area contributed by atoms with Gasteiger partial charge in [-0.05, 0) is 73.8 Å². The Hall–Kier alpha value is -1.66. The highest BCUT2D eigenvalue weighted by molar-refractivity contribution is 7.16. The maximum atomic E-state index is 12.7. The van der Waals surface area contributed by atoms with E-state index in [1.54, 1.807) is 18.4 Å². The van der Waals surface area contributed by atoms with E-state index in [0.717, 1.165) is 39.3 Å². The van der Waals surface area contributed by atoms with Crippen molar-refractivity contribution in [3.05, 3.63) is 29.1 Å². The predicted octanol–water partition coefficient (Wildman–Crippen LogP) is 4.18. The number of nitrogens with one attached hydrogen (secondary N) is 1. The van der Waals surface area contributed by atoms with Crippen molar-refractivity contribution < 1.29 is 9.53 Å². The third-order valence-electron chi connectivity index (χ3n) is 7.08. The summed E-state index contributed by atoms with van der Waals surface area (Å²) in [6.07, 6.45) is 8.19. The number of nitrogens with zero attached hydrogens (tertiary/aromatic N) is 2. The van der Waals surface area contributed by atoms with Gasteiger partial charge in [-0.2, -0.15) is 4.99 Å². The Labute approximate surface area is 169 Å². The van der Waals surface area contributed by atoms with Gasteiger partial charge < -0.3 is 14.6 Å². The first kappa shape index (κ1) is 18.4. The van der Waals surface area contributed by atoms with Gasteiger partial charge in [0.05, 0.1) is 16.8 Å². The molecular formula is C22H29N3O2S. The van der Waals surface area contributed by atoms with Crippen molar-refractivity contribution in [2.45, 2.75) is 45.1 Å². The number of amides is 2. The molecule has 4 aliphatic carbocycles. The standard InChI is InChI=1S/C22H29N3O2S/c1-27-7-6-25-18-4-2-3-5-19(18)28-21(25)24-20(26)23-14-22-11-15-8-16(12-22)10-17(9-15)13-22/h2-5,15-17H,6-14H2,1H3,(H,23,26). The average molecular weight is 400 g/mol. The van der Waals surface area contributed by atoms with Crippen LogP contribution in [0.5, 0.6) is 0 Å². The number of benzene rings is 1. The molecule has 2 amide bonds. The molecule has 1 aromatic heterocycles. The van der Waals surface area contributed by atoms with Crippen LogP contribution in [0.25, 0.3) is 10.2 Å². The van der Waals surface area contributed by atoms with Gasteiger partial charge in [0, 0.05) is 20.2 Å². The first-order valence-corrected chi connectivity index (χ1v) is 11.4. The van der Waals surface area contributed by atoms with Crippen LogP contribution in [0.15, 0.2) is 29.3 Å². The lowest BCUT2D eigenvalue weighted by atomic mass is 9.49. The van der Waals surface area contributed by atoms with E-state index >= 15 is 0 Å². The molecule has 0 aliphatic heterocycles. The van der Waals surface area contributed by atoms with Gasteiger partial charge in [-0.3, -0.25) is 0 Å². The van der Waals surface area contributed by atoms with Crippen LogP contribution in [-0.4, -0.2) is 30.9 Å². The molecular weight excluding hydrogens is 370 g/mol. The molecule has 0 saturated heterocycles. The normalized spacial score (nSPS) is 31.6. The summed E-state index contributed by atoms with van der Waals surface area (Å²) >= 11 is 1.57. The summed E-state index contributed by atoms with van der Waals surface area (Å²) in [6, 6.07) is 8.00. The first-order valence-electron chi connectivity index (χ1n) is 10.5. The van der Waals surface area contributed by atoms with Gasteiger partial charge >= 0.3 is 6.03 Å². The molecule has 4 saturated carbocycles. The summed E-state index contributed by atoms with van der Waals surface area (Å²) in [7, 11) is 1.70. The van der Waals surface area contributed by atoms with Crippen molar-refractivity contribution in [2.75, 3.05) is 20.3 Å². The Balaban J connectivity index is 1.34. The minimum atomic E-state index is -0.200. The van der Waals surface area contributed by atoms with Gasteiger partial charge in [-0.25, -0.2) is 4.79 Å². The summed E-state index contributed by atoms with van der Waals surface area (Å²) in [5.41, 5.74) is 1.45. The number of thiazole rings is 1. The molecule has 28 heavy (non-hydrogen) atoms. The summed E-state index contributed by atoms with van der Waals surface area (Å²) in [5, 5.41) is 3.17. The minimum absolute atomic E-state index is 0.200. The third-order valence-corrected chi connectivity index (χ3v) is 8.14. The zero-order valence-corrected chi connectivity index (χ0v) is 17.3. The molecule has 150 valence electrons. The van der Waals surface area contributed by atoms with E-state index in [0.29, 0.717) is 18.6 Å². The Bertz CT molecular complexity index is 909. The predicted molar refractivity (Wildman–Crippen MR) is 111 cm³/mol. The molecule has 1 aromatic carbocycles. The first-order chi connectivity index (χ1) is 13.6. The van der Waals surface area contributed by atoms with Gasteiger partial charge in [-0.15, -0.1) is 0 Å². The molecule has 2 aromatic rings. The van der Waals surface area contributed by atoms with E-state index in [1.807, 2.05) is 12.1 Å². The molecule has 6 rings (SSSR count). The quantitative estimate of drug-likeness (QED) is 0.820. The van der Waals surface area contributed by atoms with Crippen LogP contribution < -0.4 is 10.1 Å². The Morgan fingerprint density at radius 3 is 2.57 bits per heavy atom. The highest BCUT2D eigenvalue weighted by atomic mass is 32.1. The van der Waals surface area contributed by atoms with E-state index in [1.165, 1.54) is 38.5 Å². The molecule has 1 heterocycles. The van der Waals surface area contributed by atoms with Crippen molar-refractivity contribution in [1.82, 2.24) is 9.88 Å². The Morgan fingerprint density at radius 1 is 1.21 bits per heavy atom. The molecule has 6 heteroatoms. The Morgan fingerprint density at radius 2 is 1.89 bits per heavy atom. The minimum Gasteiger partial charge on any atom is -0.383 e. The third kappa shape index (κ3) is 3.41. The molecule has 4 fully saturated rings. The number of fused-ring (bicyclic) bond motifs is 1. The zero-order valence-electron chi connectivity index (χ0n) is 16.5. The highest BCUT2D eigenvalue weighted by Gasteiger charge is 2.50. The highest BCUT2D eigenvalue weighted by Crippen LogP contribution is 2.59. The molecule has 1 N–H and O–H groups in total. The van der Waals surface area contributed by atoms with Crippen LogP contribution in [0.4, 0.5) is 4.79 Å². The van der Waals surface area contributed by atoms with Crippen LogP contribution in [0.1, 0.15) is 38.5 Å². The molecule has 4 aliphatic rings. The second-order valence-corrected chi connectivity index (χ2v) is 10.2. The van der Waals surface area contributed by atoms with Crippen molar-refractivity contribution in [1.29, 1.82) is 0 Å². The largest absolute Gasteiger partial charge is 0.383 e. The van der Waals surface area contributed by atoms with Crippen LogP contribution in [0.2, 0.25) is 0 Å². The summed E-state index contributed by atoms with van der Waals surface area (Å²) in [4.78, 5) is 17.9. The number of hydrogen-bond donors (Lipinski definition) is 1. The summed E-state index contributed by atoms with van der Waals surface area (Å²) in [5.74, 6) is 2.71.